The molecule has 1 atom stereocenters. The minimum atomic E-state index is 0.0957. The number of anilines is 1. The second kappa shape index (κ2) is 5.58. The Labute approximate surface area is 131 Å². The van der Waals surface area contributed by atoms with Gasteiger partial charge in [0.25, 0.3) is 0 Å². The van der Waals surface area contributed by atoms with Gasteiger partial charge in [0.2, 0.25) is 5.91 Å². The van der Waals surface area contributed by atoms with Gasteiger partial charge in [-0.05, 0) is 41.3 Å². The maximum absolute atomic E-state index is 11.4. The van der Waals surface area contributed by atoms with Crippen molar-refractivity contribution in [3.05, 3.63) is 64.2 Å². The first kappa shape index (κ1) is 13.7. The first-order valence-electron chi connectivity index (χ1n) is 6.46. The second-order valence-electron chi connectivity index (χ2n) is 4.88. The van der Waals surface area contributed by atoms with Gasteiger partial charge in [0.05, 0.1) is 4.83 Å². The molecule has 0 spiro atoms. The molecule has 20 heavy (non-hydrogen) atoms. The van der Waals surface area contributed by atoms with E-state index in [0.717, 1.165) is 22.7 Å². The molecule has 0 saturated carbocycles. The zero-order valence-corrected chi connectivity index (χ0v) is 13.0. The molecule has 2 aromatic rings. The predicted molar refractivity (Wildman–Crippen MR) is 85.6 cm³/mol. The summed E-state index contributed by atoms with van der Waals surface area (Å²) < 4.78 is 0. The molecule has 0 bridgehead atoms. The summed E-state index contributed by atoms with van der Waals surface area (Å²) in [6.45, 7) is 0. The number of fused-ring (bicyclic) bond motifs is 1. The lowest BCUT2D eigenvalue weighted by atomic mass is 9.97. The van der Waals surface area contributed by atoms with Gasteiger partial charge in [0.15, 0.2) is 0 Å². The third-order valence-electron chi connectivity index (χ3n) is 3.48. The normalized spacial score (nSPS) is 15.4. The lowest BCUT2D eigenvalue weighted by molar-refractivity contribution is -0.116. The highest BCUT2D eigenvalue weighted by atomic mass is 79.9. The molecule has 0 radical (unpaired) electrons. The number of amides is 1. The standard InChI is InChI=1S/C16H13BrClNO/c17-16(10-1-5-13(18)6-2-10)12-3-7-14-11(9-12)4-8-15(20)19-14/h1-3,5-7,9,16H,4,8H2,(H,19,20). The maximum Gasteiger partial charge on any atom is 0.224 e. The van der Waals surface area contributed by atoms with Crippen LogP contribution in [0.5, 0.6) is 0 Å². The Morgan fingerprint density at radius 2 is 1.75 bits per heavy atom. The number of rotatable bonds is 2. The molecule has 4 heteroatoms. The van der Waals surface area contributed by atoms with Crippen LogP contribution in [0.15, 0.2) is 42.5 Å². The maximum atomic E-state index is 11.4. The molecular formula is C16H13BrClNO. The van der Waals surface area contributed by atoms with Gasteiger partial charge in [-0.15, -0.1) is 0 Å². The van der Waals surface area contributed by atoms with Crippen molar-refractivity contribution < 1.29 is 4.79 Å². The van der Waals surface area contributed by atoms with Crippen molar-refractivity contribution in [2.24, 2.45) is 0 Å². The van der Waals surface area contributed by atoms with Crippen molar-refractivity contribution in [1.82, 2.24) is 0 Å². The van der Waals surface area contributed by atoms with Gasteiger partial charge in [-0.25, -0.2) is 0 Å². The second-order valence-corrected chi connectivity index (χ2v) is 6.23. The number of alkyl halides is 1. The summed E-state index contributed by atoms with van der Waals surface area (Å²) in [6, 6.07) is 14.0. The third-order valence-corrected chi connectivity index (χ3v) is 4.79. The molecule has 0 fully saturated rings. The summed E-state index contributed by atoms with van der Waals surface area (Å²) in [5.74, 6) is 0.0957. The number of halogens is 2. The van der Waals surface area contributed by atoms with Crippen molar-refractivity contribution in [1.29, 1.82) is 0 Å². The zero-order chi connectivity index (χ0) is 14.1. The van der Waals surface area contributed by atoms with Crippen LogP contribution in [0.1, 0.15) is 27.9 Å². The molecule has 102 valence electrons. The van der Waals surface area contributed by atoms with E-state index < -0.39 is 0 Å². The topological polar surface area (TPSA) is 29.1 Å². The van der Waals surface area contributed by atoms with Crippen molar-refractivity contribution in [2.45, 2.75) is 17.7 Å². The van der Waals surface area contributed by atoms with Crippen LogP contribution in [0.4, 0.5) is 5.69 Å². The molecule has 1 heterocycles. The van der Waals surface area contributed by atoms with Gasteiger partial charge in [-0.1, -0.05) is 51.8 Å². The number of nitrogens with one attached hydrogen (secondary N) is 1. The number of aryl methyl sites for hydroxylation is 1. The predicted octanol–water partition coefficient (Wildman–Crippen LogP) is 4.71. The van der Waals surface area contributed by atoms with Gasteiger partial charge in [-0.3, -0.25) is 4.79 Å². The molecule has 1 aliphatic heterocycles. The van der Waals surface area contributed by atoms with E-state index in [0.29, 0.717) is 6.42 Å². The Hall–Kier alpha value is -1.32. The van der Waals surface area contributed by atoms with Gasteiger partial charge >= 0.3 is 0 Å². The van der Waals surface area contributed by atoms with E-state index in [1.54, 1.807) is 0 Å². The molecule has 3 rings (SSSR count). The van der Waals surface area contributed by atoms with E-state index in [2.05, 4.69) is 27.3 Å². The Bertz CT molecular complexity index is 654. The van der Waals surface area contributed by atoms with Crippen LogP contribution in [0, 0.1) is 0 Å². The molecule has 1 unspecified atom stereocenters. The Morgan fingerprint density at radius 1 is 1.05 bits per heavy atom. The van der Waals surface area contributed by atoms with Crippen LogP contribution < -0.4 is 5.32 Å². The quantitative estimate of drug-likeness (QED) is 0.781. The number of carbonyl (C=O) groups excluding carboxylic acids is 1. The monoisotopic (exact) mass is 349 g/mol. The number of benzene rings is 2. The fraction of sp³-hybridized carbons (Fsp3) is 0.188. The SMILES string of the molecule is O=C1CCc2cc(C(Br)c3ccc(Cl)cc3)ccc2N1. The molecule has 0 aromatic heterocycles. The van der Waals surface area contributed by atoms with Crippen molar-refractivity contribution in [2.75, 3.05) is 5.32 Å². The molecule has 2 aromatic carbocycles. The van der Waals surface area contributed by atoms with Crippen molar-refractivity contribution in [3.8, 4) is 0 Å². The fourth-order valence-electron chi connectivity index (χ4n) is 2.39. The highest BCUT2D eigenvalue weighted by Gasteiger charge is 2.17. The summed E-state index contributed by atoms with van der Waals surface area (Å²) >= 11 is 9.64. The summed E-state index contributed by atoms with van der Waals surface area (Å²) in [5, 5.41) is 3.64. The Morgan fingerprint density at radius 3 is 2.50 bits per heavy atom. The lowest BCUT2D eigenvalue weighted by Gasteiger charge is -2.19. The molecule has 1 amide bonds. The minimum Gasteiger partial charge on any atom is -0.326 e. The fourth-order valence-corrected chi connectivity index (χ4v) is 3.10. The lowest BCUT2D eigenvalue weighted by Crippen LogP contribution is -2.19. The number of carbonyl (C=O) groups is 1. The Kier molecular flexibility index (Phi) is 3.81. The van der Waals surface area contributed by atoms with Crippen LogP contribution in [-0.4, -0.2) is 5.91 Å². The number of hydrogen-bond acceptors (Lipinski definition) is 1. The van der Waals surface area contributed by atoms with Crippen LogP contribution >= 0.6 is 27.5 Å². The Balaban J connectivity index is 1.90. The molecule has 2 nitrogen and oxygen atoms in total. The van der Waals surface area contributed by atoms with E-state index in [4.69, 9.17) is 11.6 Å². The van der Waals surface area contributed by atoms with Crippen molar-refractivity contribution in [3.63, 3.8) is 0 Å². The summed E-state index contributed by atoms with van der Waals surface area (Å²) in [6.07, 6.45) is 1.36. The van der Waals surface area contributed by atoms with Crippen LogP contribution in [-0.2, 0) is 11.2 Å². The summed E-state index contributed by atoms with van der Waals surface area (Å²) in [5.41, 5.74) is 4.47. The van der Waals surface area contributed by atoms with Gasteiger partial charge in [-0.2, -0.15) is 0 Å². The van der Waals surface area contributed by atoms with Crippen LogP contribution in [0.25, 0.3) is 0 Å². The molecule has 1 aliphatic rings. The average Bonchev–Trinajstić information content (AvgIpc) is 2.47. The van der Waals surface area contributed by atoms with Crippen molar-refractivity contribution >= 4 is 39.1 Å². The first-order valence-corrected chi connectivity index (χ1v) is 7.75. The van der Waals surface area contributed by atoms with E-state index in [1.807, 2.05) is 36.4 Å². The van der Waals surface area contributed by atoms with Crippen LogP contribution in [0.2, 0.25) is 5.02 Å². The minimum absolute atomic E-state index is 0.0957. The average molecular weight is 351 g/mol. The van der Waals surface area contributed by atoms with Gasteiger partial charge in [0.1, 0.15) is 0 Å². The van der Waals surface area contributed by atoms with Crippen LogP contribution in [0.3, 0.4) is 0 Å². The smallest absolute Gasteiger partial charge is 0.224 e. The van der Waals surface area contributed by atoms with E-state index >= 15 is 0 Å². The molecule has 0 aliphatic carbocycles. The largest absolute Gasteiger partial charge is 0.326 e. The summed E-state index contributed by atoms with van der Waals surface area (Å²) in [7, 11) is 0. The molecule has 0 saturated heterocycles. The first-order chi connectivity index (χ1) is 9.63. The van der Waals surface area contributed by atoms with E-state index in [1.165, 1.54) is 11.1 Å². The molecular weight excluding hydrogens is 338 g/mol. The highest BCUT2D eigenvalue weighted by molar-refractivity contribution is 9.09. The number of hydrogen-bond donors (Lipinski definition) is 1. The van der Waals surface area contributed by atoms with Gasteiger partial charge < -0.3 is 5.32 Å². The summed E-state index contributed by atoms with van der Waals surface area (Å²) in [4.78, 5) is 11.5. The molecule has 1 N–H and O–H groups in total. The van der Waals surface area contributed by atoms with E-state index in [9.17, 15) is 4.79 Å². The van der Waals surface area contributed by atoms with E-state index in [-0.39, 0.29) is 10.7 Å². The van der Waals surface area contributed by atoms with Gasteiger partial charge in [0, 0.05) is 17.1 Å². The third kappa shape index (κ3) is 2.74. The zero-order valence-electron chi connectivity index (χ0n) is 10.7. The highest BCUT2D eigenvalue weighted by Crippen LogP contribution is 2.34.